The number of aryl methyl sites for hydroxylation is 1. The first-order valence-corrected chi connectivity index (χ1v) is 12.9. The number of phenols is 1. The van der Waals surface area contributed by atoms with Crippen molar-refractivity contribution >= 4 is 11.8 Å². The fourth-order valence-electron chi connectivity index (χ4n) is 7.44. The third-order valence-corrected chi connectivity index (χ3v) is 9.25. The van der Waals surface area contributed by atoms with Crippen LogP contribution in [0.25, 0.3) is 0 Å². The van der Waals surface area contributed by atoms with Crippen LogP contribution in [-0.4, -0.2) is 34.7 Å². The van der Waals surface area contributed by atoms with Gasteiger partial charge >= 0.3 is 5.97 Å². The molecule has 0 unspecified atom stereocenters. The second kappa shape index (κ2) is 9.33. The van der Waals surface area contributed by atoms with E-state index in [1.165, 1.54) is 17.2 Å². The number of carbonyl (C=O) groups excluding carboxylic acids is 2. The summed E-state index contributed by atoms with van der Waals surface area (Å²) < 4.78 is 5.28. The Morgan fingerprint density at radius 2 is 2.12 bits per heavy atom. The van der Waals surface area contributed by atoms with E-state index in [1.54, 1.807) is 0 Å². The summed E-state index contributed by atoms with van der Waals surface area (Å²) in [5, 5.41) is 21.2. The van der Waals surface area contributed by atoms with Crippen LogP contribution in [-0.2, 0) is 20.7 Å². The molecule has 34 heavy (non-hydrogen) atoms. The number of aliphatic hydroxyl groups excluding tert-OH is 1. The second-order valence-corrected chi connectivity index (χ2v) is 11.1. The van der Waals surface area contributed by atoms with Crippen LogP contribution in [0.5, 0.6) is 5.75 Å². The van der Waals surface area contributed by atoms with Crippen molar-refractivity contribution in [3.63, 3.8) is 0 Å². The smallest absolute Gasteiger partial charge is 0.330 e. The SMILES string of the molecule is C[C@]12CC[C@@H]3c4ccc(O)cc4CC[C@H]3[C@@H]1C[C@@H](C/C=C/C(=O)OCC1=CCCCC1=O)[C@@H]2O. The summed E-state index contributed by atoms with van der Waals surface area (Å²) in [6.07, 6.45) is 12.9. The lowest BCUT2D eigenvalue weighted by atomic mass is 9.55. The van der Waals surface area contributed by atoms with E-state index in [2.05, 4.69) is 13.0 Å². The Kier molecular flexibility index (Phi) is 6.41. The van der Waals surface area contributed by atoms with Gasteiger partial charge in [0.05, 0.1) is 6.10 Å². The topological polar surface area (TPSA) is 83.8 Å². The Hall–Kier alpha value is -2.40. The molecule has 0 spiro atoms. The number of rotatable bonds is 5. The maximum absolute atomic E-state index is 12.2. The Bertz CT molecular complexity index is 1020. The molecule has 5 nitrogen and oxygen atoms in total. The monoisotopic (exact) mass is 464 g/mol. The minimum Gasteiger partial charge on any atom is -0.508 e. The quantitative estimate of drug-likeness (QED) is 0.473. The first kappa shape index (κ1) is 23.3. The first-order valence-electron chi connectivity index (χ1n) is 12.9. The van der Waals surface area contributed by atoms with Gasteiger partial charge in [0.15, 0.2) is 5.78 Å². The number of ketones is 1. The van der Waals surface area contributed by atoms with E-state index in [1.807, 2.05) is 24.3 Å². The van der Waals surface area contributed by atoms with Gasteiger partial charge in [0.2, 0.25) is 0 Å². The van der Waals surface area contributed by atoms with Gasteiger partial charge in [-0.2, -0.15) is 0 Å². The summed E-state index contributed by atoms with van der Waals surface area (Å²) in [4.78, 5) is 24.0. The molecule has 182 valence electrons. The maximum Gasteiger partial charge on any atom is 0.330 e. The third kappa shape index (κ3) is 4.24. The first-order chi connectivity index (χ1) is 16.4. The van der Waals surface area contributed by atoms with Crippen molar-refractivity contribution < 1.29 is 24.5 Å². The van der Waals surface area contributed by atoms with E-state index in [-0.39, 0.29) is 29.8 Å². The summed E-state index contributed by atoms with van der Waals surface area (Å²) in [5.74, 6) is 1.68. The highest BCUT2D eigenvalue weighted by Gasteiger charge is 2.57. The van der Waals surface area contributed by atoms with Crippen LogP contribution < -0.4 is 0 Å². The summed E-state index contributed by atoms with van der Waals surface area (Å²) in [5.41, 5.74) is 3.20. The number of allylic oxidation sites excluding steroid dienone is 2. The van der Waals surface area contributed by atoms with Gasteiger partial charge in [0.1, 0.15) is 12.4 Å². The van der Waals surface area contributed by atoms with Crippen LogP contribution in [0.2, 0.25) is 0 Å². The minimum atomic E-state index is -0.428. The molecular weight excluding hydrogens is 428 g/mol. The molecule has 2 N–H and O–H groups in total. The molecule has 2 fully saturated rings. The van der Waals surface area contributed by atoms with Gasteiger partial charge in [-0.25, -0.2) is 4.79 Å². The highest BCUT2D eigenvalue weighted by molar-refractivity contribution is 5.96. The van der Waals surface area contributed by atoms with E-state index < -0.39 is 5.97 Å². The number of hydrogen-bond donors (Lipinski definition) is 2. The molecule has 2 saturated carbocycles. The van der Waals surface area contributed by atoms with Gasteiger partial charge in [-0.05, 0) is 104 Å². The molecule has 1 aromatic carbocycles. The van der Waals surface area contributed by atoms with E-state index in [0.717, 1.165) is 44.9 Å². The third-order valence-electron chi connectivity index (χ3n) is 9.25. The number of fused-ring (bicyclic) bond motifs is 5. The molecular formula is C29H36O5. The number of phenolic OH excluding ortho intramolecular Hbond substituents is 1. The molecule has 0 radical (unpaired) electrons. The van der Waals surface area contributed by atoms with Gasteiger partial charge in [-0.3, -0.25) is 4.79 Å². The number of aliphatic hydroxyl groups is 1. The van der Waals surface area contributed by atoms with Crippen LogP contribution in [0.4, 0.5) is 0 Å². The van der Waals surface area contributed by atoms with Crippen LogP contribution in [0.15, 0.2) is 42.0 Å². The number of hydrogen-bond acceptors (Lipinski definition) is 5. The van der Waals surface area contributed by atoms with Gasteiger partial charge in [-0.1, -0.05) is 25.1 Å². The number of ether oxygens (including phenoxy) is 1. The standard InChI is InChI=1S/C29H36O5/c1-29-14-13-23-22-12-10-21(30)15-18(22)9-11-24(23)25(29)16-19(28(29)33)6-4-8-27(32)34-17-20-5-2-3-7-26(20)31/h4-5,8,10,12,15,19,23-25,28,30,33H,2-3,6-7,9,11,13-14,16-17H2,1H3/b8-4+/t19-,23-,24-,25+,28+,29+/m1/s1. The molecule has 4 aliphatic rings. The van der Waals surface area contributed by atoms with Gasteiger partial charge in [-0.15, -0.1) is 0 Å². The molecule has 0 heterocycles. The van der Waals surface area contributed by atoms with Gasteiger partial charge < -0.3 is 14.9 Å². The van der Waals surface area contributed by atoms with Crippen molar-refractivity contribution in [2.45, 2.75) is 76.7 Å². The number of carbonyl (C=O) groups is 2. The van der Waals surface area contributed by atoms with Crippen molar-refractivity contribution in [1.29, 1.82) is 0 Å². The summed E-state index contributed by atoms with van der Waals surface area (Å²) in [6.45, 7) is 2.31. The van der Waals surface area contributed by atoms with E-state index >= 15 is 0 Å². The molecule has 5 rings (SSSR count). The molecule has 6 atom stereocenters. The fraction of sp³-hybridized carbons (Fsp3) is 0.586. The van der Waals surface area contributed by atoms with Crippen molar-refractivity contribution in [3.05, 3.63) is 53.1 Å². The van der Waals surface area contributed by atoms with Crippen LogP contribution in [0, 0.1) is 23.2 Å². The van der Waals surface area contributed by atoms with Crippen LogP contribution >= 0.6 is 0 Å². The Labute approximate surface area is 201 Å². The molecule has 4 aliphatic carbocycles. The molecule has 0 amide bonds. The zero-order chi connectivity index (χ0) is 23.9. The lowest BCUT2D eigenvalue weighted by molar-refractivity contribution is -0.137. The predicted molar refractivity (Wildman–Crippen MR) is 129 cm³/mol. The lowest BCUT2D eigenvalue weighted by Crippen LogP contribution is -2.44. The fourth-order valence-corrected chi connectivity index (χ4v) is 7.44. The van der Waals surface area contributed by atoms with E-state index in [0.29, 0.717) is 41.9 Å². The molecule has 0 aliphatic heterocycles. The summed E-state index contributed by atoms with van der Waals surface area (Å²) in [7, 11) is 0. The Morgan fingerprint density at radius 3 is 2.94 bits per heavy atom. The van der Waals surface area contributed by atoms with Crippen molar-refractivity contribution in [3.8, 4) is 5.75 Å². The van der Waals surface area contributed by atoms with Gasteiger partial charge in [0.25, 0.3) is 0 Å². The number of aromatic hydroxyl groups is 1. The zero-order valence-electron chi connectivity index (χ0n) is 20.0. The highest BCUT2D eigenvalue weighted by atomic mass is 16.5. The van der Waals surface area contributed by atoms with Gasteiger partial charge in [0, 0.05) is 18.1 Å². The highest BCUT2D eigenvalue weighted by Crippen LogP contribution is 2.62. The Morgan fingerprint density at radius 1 is 1.26 bits per heavy atom. The molecule has 0 aromatic heterocycles. The summed E-state index contributed by atoms with van der Waals surface area (Å²) >= 11 is 0. The normalized spacial score (nSPS) is 34.8. The molecule has 0 bridgehead atoms. The lowest BCUT2D eigenvalue weighted by Gasteiger charge is -2.50. The minimum absolute atomic E-state index is 0.0521. The molecule has 0 saturated heterocycles. The zero-order valence-corrected chi connectivity index (χ0v) is 20.0. The number of benzene rings is 1. The average Bonchev–Trinajstić information content (AvgIpc) is 3.08. The predicted octanol–water partition coefficient (Wildman–Crippen LogP) is 5.00. The molecule has 5 heteroatoms. The van der Waals surface area contributed by atoms with Crippen molar-refractivity contribution in [2.24, 2.45) is 23.2 Å². The number of Topliss-reactive ketones (excluding diaryl/α,β-unsaturated/α-hetero) is 1. The van der Waals surface area contributed by atoms with E-state index in [4.69, 9.17) is 4.74 Å². The van der Waals surface area contributed by atoms with E-state index in [9.17, 15) is 19.8 Å². The Balaban J connectivity index is 1.20. The average molecular weight is 465 g/mol. The maximum atomic E-state index is 12.2. The largest absolute Gasteiger partial charge is 0.508 e. The van der Waals surface area contributed by atoms with Crippen molar-refractivity contribution in [1.82, 2.24) is 0 Å². The van der Waals surface area contributed by atoms with Crippen molar-refractivity contribution in [2.75, 3.05) is 6.61 Å². The summed E-state index contributed by atoms with van der Waals surface area (Å²) in [6, 6.07) is 5.85. The second-order valence-electron chi connectivity index (χ2n) is 11.1. The number of esters is 1. The molecule has 1 aromatic rings. The van der Waals surface area contributed by atoms with Crippen LogP contribution in [0.3, 0.4) is 0 Å². The van der Waals surface area contributed by atoms with Crippen LogP contribution in [0.1, 0.15) is 75.3 Å².